The topological polar surface area (TPSA) is 70.5 Å². The van der Waals surface area contributed by atoms with Gasteiger partial charge in [-0.2, -0.15) is 0 Å². The van der Waals surface area contributed by atoms with Crippen LogP contribution in [0.4, 0.5) is 11.4 Å². The molecular formula is C18H24N2O2. The van der Waals surface area contributed by atoms with Crippen LogP contribution in [0.15, 0.2) is 48.5 Å². The summed E-state index contributed by atoms with van der Waals surface area (Å²) in [6.45, 7) is 3.61. The normalized spacial score (nSPS) is 10.6. The monoisotopic (exact) mass is 300 g/mol. The predicted octanol–water partition coefficient (Wildman–Crippen LogP) is 3.73. The number of rotatable bonds is 8. The number of nitrogen functional groups attached to an aromatic ring is 2. The van der Waals surface area contributed by atoms with Crippen LogP contribution >= 0.6 is 0 Å². The number of hydrogen-bond donors (Lipinski definition) is 2. The van der Waals surface area contributed by atoms with Gasteiger partial charge in [0, 0.05) is 11.4 Å². The lowest BCUT2D eigenvalue weighted by Crippen LogP contribution is -2.08. The molecule has 0 aliphatic heterocycles. The predicted molar refractivity (Wildman–Crippen MR) is 91.1 cm³/mol. The van der Waals surface area contributed by atoms with Crippen molar-refractivity contribution in [2.75, 3.05) is 24.7 Å². The minimum absolute atomic E-state index is 0.544. The van der Waals surface area contributed by atoms with Gasteiger partial charge < -0.3 is 20.9 Å². The highest BCUT2D eigenvalue weighted by atomic mass is 16.5. The number of anilines is 2. The summed E-state index contributed by atoms with van der Waals surface area (Å²) in [7, 11) is 0. The molecule has 0 bridgehead atoms. The molecule has 2 aromatic carbocycles. The Kier molecular flexibility index (Phi) is 5.95. The van der Waals surface area contributed by atoms with Gasteiger partial charge in [0.25, 0.3) is 0 Å². The van der Waals surface area contributed by atoms with Gasteiger partial charge in [-0.05, 0) is 67.3 Å². The van der Waals surface area contributed by atoms with E-state index in [1.165, 1.54) is 0 Å². The molecule has 0 aromatic heterocycles. The van der Waals surface area contributed by atoms with Gasteiger partial charge in [-0.3, -0.25) is 0 Å². The Hall–Kier alpha value is -2.36. The van der Waals surface area contributed by atoms with Gasteiger partial charge in [0.05, 0.1) is 13.2 Å². The van der Waals surface area contributed by atoms with Gasteiger partial charge in [-0.25, -0.2) is 0 Å². The summed E-state index contributed by atoms with van der Waals surface area (Å²) in [4.78, 5) is 0. The fraction of sp³-hybridized carbons (Fsp3) is 0.333. The zero-order valence-electron chi connectivity index (χ0n) is 13.0. The van der Waals surface area contributed by atoms with Gasteiger partial charge in [0.15, 0.2) is 0 Å². The van der Waals surface area contributed by atoms with E-state index in [-0.39, 0.29) is 0 Å². The van der Waals surface area contributed by atoms with Crippen molar-refractivity contribution in [3.8, 4) is 11.5 Å². The molecule has 0 amide bonds. The minimum atomic E-state index is 0.544. The maximum Gasteiger partial charge on any atom is 0.119 e. The van der Waals surface area contributed by atoms with Gasteiger partial charge in [0.2, 0.25) is 0 Å². The lowest BCUT2D eigenvalue weighted by Gasteiger charge is -2.13. The zero-order chi connectivity index (χ0) is 15.8. The lowest BCUT2D eigenvalue weighted by atomic mass is 10.1. The van der Waals surface area contributed by atoms with E-state index in [0.717, 1.165) is 35.7 Å². The molecule has 0 unspecified atom stereocenters. The second-order valence-electron chi connectivity index (χ2n) is 5.52. The van der Waals surface area contributed by atoms with Crippen molar-refractivity contribution in [1.82, 2.24) is 0 Å². The molecule has 0 spiro atoms. The first-order chi connectivity index (χ1) is 10.6. The van der Waals surface area contributed by atoms with Gasteiger partial charge >= 0.3 is 0 Å². The maximum atomic E-state index is 5.70. The average molecular weight is 300 g/mol. The molecule has 4 heteroatoms. The van der Waals surface area contributed by atoms with E-state index >= 15 is 0 Å². The summed E-state index contributed by atoms with van der Waals surface area (Å²) in [6.07, 6.45) is 1.99. The second-order valence-corrected chi connectivity index (χ2v) is 5.52. The largest absolute Gasteiger partial charge is 0.494 e. The molecule has 0 atom stereocenters. The smallest absolute Gasteiger partial charge is 0.119 e. The van der Waals surface area contributed by atoms with Crippen molar-refractivity contribution in [1.29, 1.82) is 0 Å². The van der Waals surface area contributed by atoms with Crippen LogP contribution in [-0.4, -0.2) is 13.2 Å². The number of nitrogens with two attached hydrogens (primary N) is 2. The molecular weight excluding hydrogens is 276 g/mol. The number of ether oxygens (including phenoxy) is 2. The average Bonchev–Trinajstić information content (AvgIpc) is 2.51. The summed E-state index contributed by atoms with van der Waals surface area (Å²) in [5.41, 5.74) is 12.8. The van der Waals surface area contributed by atoms with Crippen LogP contribution in [0.5, 0.6) is 11.5 Å². The molecule has 2 rings (SSSR count). The highest BCUT2D eigenvalue weighted by Gasteiger charge is 2.04. The summed E-state index contributed by atoms with van der Waals surface area (Å²) < 4.78 is 11.4. The van der Waals surface area contributed by atoms with E-state index in [0.29, 0.717) is 19.1 Å². The van der Waals surface area contributed by atoms with Crippen LogP contribution in [0.2, 0.25) is 0 Å². The third-order valence-electron chi connectivity index (χ3n) is 3.52. The molecule has 118 valence electrons. The van der Waals surface area contributed by atoms with E-state index in [2.05, 4.69) is 6.92 Å². The van der Waals surface area contributed by atoms with Crippen molar-refractivity contribution in [3.05, 3.63) is 48.5 Å². The molecule has 0 aliphatic carbocycles. The van der Waals surface area contributed by atoms with E-state index in [1.807, 2.05) is 48.5 Å². The van der Waals surface area contributed by atoms with Gasteiger partial charge in [-0.15, -0.1) is 0 Å². The van der Waals surface area contributed by atoms with E-state index in [9.17, 15) is 0 Å². The molecule has 4 N–H and O–H groups in total. The van der Waals surface area contributed by atoms with Gasteiger partial charge in [-0.1, -0.05) is 6.92 Å². The fourth-order valence-corrected chi connectivity index (χ4v) is 2.03. The van der Waals surface area contributed by atoms with Crippen molar-refractivity contribution in [2.24, 2.45) is 5.92 Å². The highest BCUT2D eigenvalue weighted by molar-refractivity contribution is 5.42. The van der Waals surface area contributed by atoms with Crippen molar-refractivity contribution in [2.45, 2.75) is 19.8 Å². The van der Waals surface area contributed by atoms with Crippen LogP contribution in [-0.2, 0) is 0 Å². The van der Waals surface area contributed by atoms with E-state index in [1.54, 1.807) is 0 Å². The maximum absolute atomic E-state index is 5.70. The molecule has 4 nitrogen and oxygen atoms in total. The van der Waals surface area contributed by atoms with E-state index < -0.39 is 0 Å². The molecule has 0 saturated carbocycles. The first-order valence-electron chi connectivity index (χ1n) is 7.60. The molecule has 22 heavy (non-hydrogen) atoms. The summed E-state index contributed by atoms with van der Waals surface area (Å²) in [5.74, 6) is 2.27. The third kappa shape index (κ3) is 5.56. The number of benzene rings is 2. The van der Waals surface area contributed by atoms with Crippen molar-refractivity contribution in [3.63, 3.8) is 0 Å². The lowest BCUT2D eigenvalue weighted by molar-refractivity contribution is 0.245. The third-order valence-corrected chi connectivity index (χ3v) is 3.52. The molecule has 0 fully saturated rings. The minimum Gasteiger partial charge on any atom is -0.494 e. The summed E-state index contributed by atoms with van der Waals surface area (Å²) in [5, 5.41) is 0. The van der Waals surface area contributed by atoms with Crippen molar-refractivity contribution >= 4 is 11.4 Å². The van der Waals surface area contributed by atoms with Crippen molar-refractivity contribution < 1.29 is 9.47 Å². The molecule has 2 aromatic rings. The molecule has 0 saturated heterocycles. The Morgan fingerprint density at radius 2 is 1.09 bits per heavy atom. The van der Waals surface area contributed by atoms with Crippen LogP contribution in [0.1, 0.15) is 19.8 Å². The van der Waals surface area contributed by atoms with Crippen LogP contribution < -0.4 is 20.9 Å². The van der Waals surface area contributed by atoms with Crippen LogP contribution in [0.25, 0.3) is 0 Å². The Morgan fingerprint density at radius 3 is 1.45 bits per heavy atom. The first kappa shape index (κ1) is 16.0. The molecule has 0 aliphatic rings. The Labute approximate surface area is 132 Å². The summed E-state index contributed by atoms with van der Waals surface area (Å²) in [6, 6.07) is 15.0. The molecule has 0 heterocycles. The van der Waals surface area contributed by atoms with Gasteiger partial charge in [0.1, 0.15) is 11.5 Å². The van der Waals surface area contributed by atoms with Crippen LogP contribution in [0.3, 0.4) is 0 Å². The quantitative estimate of drug-likeness (QED) is 0.729. The Morgan fingerprint density at radius 1 is 0.727 bits per heavy atom. The molecule has 0 radical (unpaired) electrons. The highest BCUT2D eigenvalue weighted by Crippen LogP contribution is 2.17. The SMILES string of the molecule is CC(CCOc1ccc(N)cc1)CCOc1ccc(N)cc1. The Bertz CT molecular complexity index is 501. The number of hydrogen-bond acceptors (Lipinski definition) is 4. The fourth-order valence-electron chi connectivity index (χ4n) is 2.03. The Balaban J connectivity index is 1.60. The standard InChI is InChI=1S/C18H24N2O2/c1-14(10-12-21-17-6-2-15(19)3-7-17)11-13-22-18-8-4-16(20)5-9-18/h2-9,14H,10-13,19-20H2,1H3. The zero-order valence-corrected chi connectivity index (χ0v) is 13.0. The van der Waals surface area contributed by atoms with E-state index in [4.69, 9.17) is 20.9 Å². The second kappa shape index (κ2) is 8.17. The van der Waals surface area contributed by atoms with Crippen LogP contribution in [0, 0.1) is 5.92 Å². The first-order valence-corrected chi connectivity index (χ1v) is 7.60. The summed E-state index contributed by atoms with van der Waals surface area (Å²) >= 11 is 0.